The number of aromatic nitrogens is 2. The van der Waals surface area contributed by atoms with E-state index in [1.807, 2.05) is 6.92 Å². The van der Waals surface area contributed by atoms with E-state index in [0.717, 1.165) is 12.2 Å². The van der Waals surface area contributed by atoms with E-state index in [4.69, 9.17) is 18.0 Å². The Labute approximate surface area is 76.6 Å². The highest BCUT2D eigenvalue weighted by Crippen LogP contribution is 2.10. The minimum atomic E-state index is 0.0949. The maximum absolute atomic E-state index is 5.35. The van der Waals surface area contributed by atoms with Crippen LogP contribution in [0.25, 0.3) is 0 Å². The first-order valence-corrected chi connectivity index (χ1v) is 4.20. The van der Waals surface area contributed by atoms with Crippen molar-refractivity contribution < 1.29 is 0 Å². The Balaban J connectivity index is 2.63. The predicted octanol–water partition coefficient (Wildman–Crippen LogP) is 0.694. The Morgan fingerprint density at radius 3 is 3.08 bits per heavy atom. The molecule has 0 aliphatic heterocycles. The molecule has 12 heavy (non-hydrogen) atoms. The van der Waals surface area contributed by atoms with E-state index in [1.165, 1.54) is 0 Å². The Morgan fingerprint density at radius 2 is 2.67 bits per heavy atom. The van der Waals surface area contributed by atoms with E-state index in [0.29, 0.717) is 5.11 Å². The molecule has 0 spiro atoms. The number of nitrogens with zero attached hydrogens (tertiary/aromatic N) is 1. The van der Waals surface area contributed by atoms with E-state index >= 15 is 0 Å². The summed E-state index contributed by atoms with van der Waals surface area (Å²) in [5, 5.41) is 3.25. The highest BCUT2D eigenvalue weighted by atomic mass is 32.1. The van der Waals surface area contributed by atoms with Gasteiger partial charge in [-0.2, -0.15) is 0 Å². The molecule has 1 aromatic heterocycles. The van der Waals surface area contributed by atoms with Crippen LogP contribution in [0, 0.1) is 0 Å². The van der Waals surface area contributed by atoms with Gasteiger partial charge in [0.2, 0.25) is 0 Å². The van der Waals surface area contributed by atoms with Crippen LogP contribution in [0.4, 0.5) is 0 Å². The number of H-pyrrole nitrogens is 1. The van der Waals surface area contributed by atoms with Gasteiger partial charge in [-0.15, -0.1) is 0 Å². The molecule has 1 atom stereocenters. The predicted molar refractivity (Wildman–Crippen MR) is 51.5 cm³/mol. The van der Waals surface area contributed by atoms with E-state index in [9.17, 15) is 0 Å². The minimum absolute atomic E-state index is 0.0949. The second-order valence-electron chi connectivity index (χ2n) is 2.44. The van der Waals surface area contributed by atoms with Crippen molar-refractivity contribution >= 4 is 17.3 Å². The van der Waals surface area contributed by atoms with E-state index in [-0.39, 0.29) is 6.04 Å². The summed E-state index contributed by atoms with van der Waals surface area (Å²) >= 11 is 4.74. The summed E-state index contributed by atoms with van der Waals surface area (Å²) in [7, 11) is 0. The molecule has 0 aromatic carbocycles. The van der Waals surface area contributed by atoms with Crippen LogP contribution < -0.4 is 11.1 Å². The van der Waals surface area contributed by atoms with Crippen LogP contribution in [0.1, 0.15) is 25.2 Å². The molecule has 0 fully saturated rings. The van der Waals surface area contributed by atoms with Crippen LogP contribution in [-0.4, -0.2) is 15.1 Å². The lowest BCUT2D eigenvalue weighted by Gasteiger charge is -2.13. The molecule has 1 aromatic rings. The topological polar surface area (TPSA) is 66.7 Å². The summed E-state index contributed by atoms with van der Waals surface area (Å²) < 4.78 is 0. The molecule has 0 aliphatic carbocycles. The smallest absolute Gasteiger partial charge is 0.164 e. The molecule has 1 heterocycles. The molecule has 0 aliphatic rings. The van der Waals surface area contributed by atoms with Gasteiger partial charge in [-0.1, -0.05) is 6.92 Å². The maximum Gasteiger partial charge on any atom is 0.164 e. The van der Waals surface area contributed by atoms with E-state index < -0.39 is 0 Å². The fraction of sp³-hybridized carbons (Fsp3) is 0.429. The molecule has 0 bridgehead atoms. The minimum Gasteiger partial charge on any atom is -0.376 e. The molecule has 4 N–H and O–H groups in total. The third-order valence-electron chi connectivity index (χ3n) is 1.57. The Morgan fingerprint density at radius 1 is 1.92 bits per heavy atom. The highest BCUT2D eigenvalue weighted by Gasteiger charge is 2.10. The van der Waals surface area contributed by atoms with Crippen molar-refractivity contribution in [3.05, 3.63) is 18.2 Å². The first-order valence-electron chi connectivity index (χ1n) is 3.79. The second kappa shape index (κ2) is 4.06. The van der Waals surface area contributed by atoms with Crippen LogP contribution >= 0.6 is 12.2 Å². The van der Waals surface area contributed by atoms with Gasteiger partial charge >= 0.3 is 0 Å². The average Bonchev–Trinajstić information content (AvgIpc) is 2.51. The summed E-state index contributed by atoms with van der Waals surface area (Å²) in [5.74, 6) is 0.866. The van der Waals surface area contributed by atoms with Crippen LogP contribution in [0.2, 0.25) is 0 Å². The Kier molecular flexibility index (Phi) is 3.04. The Hall–Kier alpha value is -1.10. The lowest BCUT2D eigenvalue weighted by Crippen LogP contribution is -2.33. The molecule has 0 saturated heterocycles. The van der Waals surface area contributed by atoms with Gasteiger partial charge in [-0.25, -0.2) is 4.98 Å². The molecule has 1 unspecified atom stereocenters. The lowest BCUT2D eigenvalue weighted by atomic mass is 10.2. The third-order valence-corrected chi connectivity index (χ3v) is 1.69. The highest BCUT2D eigenvalue weighted by molar-refractivity contribution is 7.80. The summed E-state index contributed by atoms with van der Waals surface area (Å²) in [4.78, 5) is 7.11. The molecular weight excluding hydrogens is 172 g/mol. The van der Waals surface area contributed by atoms with Gasteiger partial charge in [0.05, 0.1) is 6.04 Å². The van der Waals surface area contributed by atoms with Gasteiger partial charge in [-0.05, 0) is 18.6 Å². The van der Waals surface area contributed by atoms with Crippen LogP contribution in [0.3, 0.4) is 0 Å². The van der Waals surface area contributed by atoms with E-state index in [2.05, 4.69) is 15.3 Å². The molecular formula is C7H12N4S. The number of nitrogens with two attached hydrogens (primary N) is 1. The Bertz CT molecular complexity index is 244. The number of nitrogens with one attached hydrogen (secondary N) is 2. The molecule has 5 heteroatoms. The van der Waals surface area contributed by atoms with Crippen molar-refractivity contribution in [1.29, 1.82) is 0 Å². The largest absolute Gasteiger partial charge is 0.376 e. The molecule has 1 rings (SSSR count). The van der Waals surface area contributed by atoms with Crippen molar-refractivity contribution in [2.24, 2.45) is 5.73 Å². The number of thiocarbonyl (C=S) groups is 1. The first-order chi connectivity index (χ1) is 5.74. The third kappa shape index (κ3) is 2.20. The van der Waals surface area contributed by atoms with Crippen LogP contribution in [0.5, 0.6) is 0 Å². The van der Waals surface area contributed by atoms with Gasteiger partial charge in [0.15, 0.2) is 5.11 Å². The molecule has 0 radical (unpaired) electrons. The van der Waals surface area contributed by atoms with Gasteiger partial charge in [0.25, 0.3) is 0 Å². The molecule has 66 valence electrons. The average molecular weight is 184 g/mol. The van der Waals surface area contributed by atoms with Crippen molar-refractivity contribution in [2.45, 2.75) is 19.4 Å². The van der Waals surface area contributed by atoms with Crippen molar-refractivity contribution in [3.8, 4) is 0 Å². The number of imidazole rings is 1. The van der Waals surface area contributed by atoms with Gasteiger partial charge in [0.1, 0.15) is 5.82 Å². The second-order valence-corrected chi connectivity index (χ2v) is 2.88. The van der Waals surface area contributed by atoms with Gasteiger partial charge in [-0.3, -0.25) is 0 Å². The standard InChI is InChI=1S/C7H12N4S/c1-2-5(11-7(8)12)6-9-3-4-10-6/h3-5H,2H2,1H3,(H,9,10)(H3,8,11,12). The maximum atomic E-state index is 5.35. The van der Waals surface area contributed by atoms with Crippen molar-refractivity contribution in [2.75, 3.05) is 0 Å². The summed E-state index contributed by atoms with van der Waals surface area (Å²) in [5.41, 5.74) is 5.35. The molecule has 0 saturated carbocycles. The van der Waals surface area contributed by atoms with Crippen molar-refractivity contribution in [3.63, 3.8) is 0 Å². The molecule has 0 amide bonds. The zero-order valence-electron chi connectivity index (χ0n) is 6.87. The summed E-state index contributed by atoms with van der Waals surface area (Å²) in [6, 6.07) is 0.0949. The zero-order valence-corrected chi connectivity index (χ0v) is 7.69. The van der Waals surface area contributed by atoms with Gasteiger partial charge < -0.3 is 16.0 Å². The fourth-order valence-electron chi connectivity index (χ4n) is 1.00. The van der Waals surface area contributed by atoms with E-state index in [1.54, 1.807) is 12.4 Å². The van der Waals surface area contributed by atoms with Crippen LogP contribution in [0.15, 0.2) is 12.4 Å². The normalized spacial score (nSPS) is 12.4. The van der Waals surface area contributed by atoms with Crippen LogP contribution in [-0.2, 0) is 0 Å². The number of rotatable bonds is 3. The number of hydrogen-bond donors (Lipinski definition) is 3. The van der Waals surface area contributed by atoms with Crippen molar-refractivity contribution in [1.82, 2.24) is 15.3 Å². The molecule has 4 nitrogen and oxygen atoms in total. The summed E-state index contributed by atoms with van der Waals surface area (Å²) in [6.45, 7) is 2.04. The van der Waals surface area contributed by atoms with Gasteiger partial charge in [0, 0.05) is 12.4 Å². The lowest BCUT2D eigenvalue weighted by molar-refractivity contribution is 0.594. The number of hydrogen-bond acceptors (Lipinski definition) is 2. The SMILES string of the molecule is CCC(NC(N)=S)c1ncc[nH]1. The zero-order chi connectivity index (χ0) is 8.97. The summed E-state index contributed by atoms with van der Waals surface area (Å²) in [6.07, 6.45) is 4.38. The first kappa shape index (κ1) is 8.99. The quantitative estimate of drug-likeness (QED) is 0.605. The fourth-order valence-corrected chi connectivity index (χ4v) is 1.15. The number of aromatic amines is 1. The monoisotopic (exact) mass is 184 g/mol.